The van der Waals surface area contributed by atoms with Crippen LogP contribution in [0.25, 0.3) is 5.52 Å². The second kappa shape index (κ2) is 8.83. The normalized spacial score (nSPS) is 19.0. The van der Waals surface area contributed by atoms with Gasteiger partial charge in [-0.2, -0.15) is 9.46 Å². The zero-order chi connectivity index (χ0) is 22.9. The number of rotatable bonds is 5. The van der Waals surface area contributed by atoms with Crippen molar-refractivity contribution in [2.45, 2.75) is 44.8 Å². The lowest BCUT2D eigenvalue weighted by atomic mass is 9.95. The largest absolute Gasteiger partial charge is 0.473 e. The van der Waals surface area contributed by atoms with Crippen LogP contribution in [0, 0.1) is 6.92 Å². The lowest BCUT2D eigenvalue weighted by Gasteiger charge is -2.26. The molecule has 1 saturated carbocycles. The highest BCUT2D eigenvalue weighted by atomic mass is 32.2. The Hall–Kier alpha value is -3.05. The molecule has 3 heterocycles. The van der Waals surface area contributed by atoms with Gasteiger partial charge in [0, 0.05) is 34.6 Å². The molecule has 1 fully saturated rings. The third-order valence-electron chi connectivity index (χ3n) is 5.31. The Labute approximate surface area is 186 Å². The highest BCUT2D eigenvalue weighted by molar-refractivity contribution is 7.92. The van der Waals surface area contributed by atoms with E-state index in [4.69, 9.17) is 4.74 Å². The van der Waals surface area contributed by atoms with Crippen molar-refractivity contribution in [2.24, 2.45) is 4.36 Å². The first-order chi connectivity index (χ1) is 15.2. The van der Waals surface area contributed by atoms with Crippen LogP contribution in [-0.4, -0.2) is 59.5 Å². The molecule has 0 spiro atoms. The van der Waals surface area contributed by atoms with Gasteiger partial charge in [0.05, 0.1) is 11.7 Å². The summed E-state index contributed by atoms with van der Waals surface area (Å²) in [4.78, 5) is 21.3. The van der Waals surface area contributed by atoms with E-state index in [9.17, 15) is 14.1 Å². The monoisotopic (exact) mass is 458 g/mol. The molecule has 1 amide bonds. The quantitative estimate of drug-likeness (QED) is 0.597. The first-order valence-corrected chi connectivity index (χ1v) is 12.7. The summed E-state index contributed by atoms with van der Waals surface area (Å²) in [6.07, 6.45) is 10.1. The van der Waals surface area contributed by atoms with Gasteiger partial charge in [-0.1, -0.05) is 0 Å². The first-order valence-electron chi connectivity index (χ1n) is 10.3. The van der Waals surface area contributed by atoms with E-state index in [-0.39, 0.29) is 12.2 Å². The summed E-state index contributed by atoms with van der Waals surface area (Å²) in [5, 5.41) is 17.2. The number of aliphatic hydroxyl groups is 1. The van der Waals surface area contributed by atoms with Crippen LogP contribution in [0.15, 0.2) is 35.2 Å². The number of aliphatic hydroxyl groups excluding tert-OH is 1. The molecule has 10 nitrogen and oxygen atoms in total. The summed E-state index contributed by atoms with van der Waals surface area (Å²) >= 11 is 0. The second-order valence-corrected chi connectivity index (χ2v) is 10.7. The Morgan fingerprint density at radius 3 is 2.75 bits per heavy atom. The topological polar surface area (TPSA) is 131 Å². The first kappa shape index (κ1) is 22.2. The highest BCUT2D eigenvalue weighted by Crippen LogP contribution is 2.31. The predicted molar refractivity (Wildman–Crippen MR) is 121 cm³/mol. The number of nitrogens with zero attached hydrogens (tertiary/aromatic N) is 5. The molecule has 0 saturated heterocycles. The summed E-state index contributed by atoms with van der Waals surface area (Å²) in [5.74, 6) is 0.360. The zero-order valence-corrected chi connectivity index (χ0v) is 19.0. The van der Waals surface area contributed by atoms with Crippen LogP contribution < -0.4 is 10.1 Å². The molecule has 0 radical (unpaired) electrons. The van der Waals surface area contributed by atoms with Crippen LogP contribution in [0.5, 0.6) is 5.88 Å². The van der Waals surface area contributed by atoms with Crippen molar-refractivity contribution in [1.29, 1.82) is 0 Å². The minimum atomic E-state index is -2.58. The number of carbonyl (C=O) groups excluding carboxylic acids is 1. The van der Waals surface area contributed by atoms with Gasteiger partial charge in [0.2, 0.25) is 5.88 Å². The zero-order valence-electron chi connectivity index (χ0n) is 18.2. The van der Waals surface area contributed by atoms with Gasteiger partial charge in [0.25, 0.3) is 5.91 Å². The number of pyridine rings is 1. The number of hydrogen-bond acceptors (Lipinski definition) is 8. The number of anilines is 2. The standard InChI is InChI=1S/C21H26N6O4S/c1-13-16(20(29)26-32(2,3)30)11-27-18(13)19(23-12-24-27)25-17-5-4-10-22-21(17)31-15-8-6-14(28)7-9-15/h4-5,10-12,14-15,28H,6-9H2,1-3H3,(H,23,24,25). The number of carbonyl (C=O) groups is 1. The Morgan fingerprint density at radius 2 is 2.03 bits per heavy atom. The maximum atomic E-state index is 12.5. The van der Waals surface area contributed by atoms with Gasteiger partial charge in [0.1, 0.15) is 23.6 Å². The van der Waals surface area contributed by atoms with Crippen molar-refractivity contribution in [3.05, 3.63) is 42.0 Å². The Bertz CT molecular complexity index is 1260. The van der Waals surface area contributed by atoms with Gasteiger partial charge in [-0.15, -0.1) is 0 Å². The van der Waals surface area contributed by atoms with Crippen molar-refractivity contribution in [3.63, 3.8) is 0 Å². The van der Waals surface area contributed by atoms with Crippen LogP contribution in [0.3, 0.4) is 0 Å². The Kier molecular flexibility index (Phi) is 6.11. The average Bonchev–Trinajstić information content (AvgIpc) is 3.08. The molecule has 170 valence electrons. The molecule has 3 aromatic heterocycles. The van der Waals surface area contributed by atoms with Crippen molar-refractivity contribution in [1.82, 2.24) is 19.6 Å². The maximum absolute atomic E-state index is 12.5. The number of ether oxygens (including phenoxy) is 1. The van der Waals surface area contributed by atoms with Crippen LogP contribution in [0.1, 0.15) is 41.6 Å². The van der Waals surface area contributed by atoms with Crippen molar-refractivity contribution in [3.8, 4) is 5.88 Å². The minimum Gasteiger partial charge on any atom is -0.473 e. The van der Waals surface area contributed by atoms with Gasteiger partial charge in [0.15, 0.2) is 5.82 Å². The molecule has 32 heavy (non-hydrogen) atoms. The average molecular weight is 459 g/mol. The number of nitrogens with one attached hydrogen (secondary N) is 1. The number of aromatic nitrogens is 4. The SMILES string of the molecule is Cc1c(C(=O)N=S(C)(C)=O)cn2ncnc(Nc3cccnc3OC3CCC(O)CC3)c12. The number of aryl methyl sites for hydroxylation is 1. The van der Waals surface area contributed by atoms with E-state index < -0.39 is 15.6 Å². The molecule has 0 bridgehead atoms. The van der Waals surface area contributed by atoms with E-state index in [1.54, 1.807) is 29.9 Å². The fourth-order valence-electron chi connectivity index (χ4n) is 3.74. The molecule has 3 aromatic rings. The van der Waals surface area contributed by atoms with Crippen LogP contribution in [0.4, 0.5) is 11.5 Å². The molecule has 0 aromatic carbocycles. The second-order valence-electron chi connectivity index (χ2n) is 8.18. The van der Waals surface area contributed by atoms with E-state index in [2.05, 4.69) is 24.7 Å². The predicted octanol–water partition coefficient (Wildman–Crippen LogP) is 2.73. The summed E-state index contributed by atoms with van der Waals surface area (Å²) in [6, 6.07) is 3.62. The van der Waals surface area contributed by atoms with Gasteiger partial charge < -0.3 is 15.2 Å². The van der Waals surface area contributed by atoms with Crippen molar-refractivity contribution >= 4 is 32.7 Å². The number of hydrogen-bond donors (Lipinski definition) is 2. The van der Waals surface area contributed by atoms with Gasteiger partial charge in [-0.25, -0.2) is 18.7 Å². The van der Waals surface area contributed by atoms with E-state index >= 15 is 0 Å². The van der Waals surface area contributed by atoms with Gasteiger partial charge >= 0.3 is 0 Å². The van der Waals surface area contributed by atoms with E-state index in [1.807, 2.05) is 6.07 Å². The molecule has 1 aliphatic rings. The molecule has 11 heteroatoms. The fraction of sp³-hybridized carbons (Fsp3) is 0.429. The summed E-state index contributed by atoms with van der Waals surface area (Å²) in [7, 11) is -2.58. The van der Waals surface area contributed by atoms with Crippen LogP contribution in [-0.2, 0) is 9.73 Å². The smallest absolute Gasteiger partial charge is 0.286 e. The molecule has 4 rings (SSSR count). The Balaban J connectivity index is 1.66. The van der Waals surface area contributed by atoms with Crippen molar-refractivity contribution in [2.75, 3.05) is 17.8 Å². The van der Waals surface area contributed by atoms with E-state index in [0.29, 0.717) is 46.9 Å². The molecule has 1 aliphatic carbocycles. The summed E-state index contributed by atoms with van der Waals surface area (Å²) < 4.78 is 23.4. The van der Waals surface area contributed by atoms with Crippen LogP contribution in [0.2, 0.25) is 0 Å². The molecule has 0 aliphatic heterocycles. The lowest BCUT2D eigenvalue weighted by Crippen LogP contribution is -2.27. The lowest BCUT2D eigenvalue weighted by molar-refractivity contribution is 0.0647. The number of fused-ring (bicyclic) bond motifs is 1. The van der Waals surface area contributed by atoms with Crippen LogP contribution >= 0.6 is 0 Å². The fourth-order valence-corrected chi connectivity index (χ4v) is 4.24. The highest BCUT2D eigenvalue weighted by Gasteiger charge is 2.23. The maximum Gasteiger partial charge on any atom is 0.286 e. The van der Waals surface area contributed by atoms with Gasteiger partial charge in [-0.05, 0) is 50.3 Å². The van der Waals surface area contributed by atoms with E-state index in [1.165, 1.54) is 18.8 Å². The third-order valence-corrected chi connectivity index (χ3v) is 5.91. The van der Waals surface area contributed by atoms with E-state index in [0.717, 1.165) is 12.8 Å². The Morgan fingerprint density at radius 1 is 1.28 bits per heavy atom. The van der Waals surface area contributed by atoms with Crippen molar-refractivity contribution < 1.29 is 18.8 Å². The molecular weight excluding hydrogens is 432 g/mol. The molecule has 2 N–H and O–H groups in total. The minimum absolute atomic E-state index is 0.0157. The third kappa shape index (κ3) is 4.89. The molecule has 0 atom stereocenters. The summed E-state index contributed by atoms with van der Waals surface area (Å²) in [6.45, 7) is 1.77. The molecule has 0 unspecified atom stereocenters. The van der Waals surface area contributed by atoms with Gasteiger partial charge in [-0.3, -0.25) is 4.79 Å². The summed E-state index contributed by atoms with van der Waals surface area (Å²) in [5.41, 5.74) is 2.16. The molecular formula is C21H26N6O4S. The number of amides is 1.